The van der Waals surface area contributed by atoms with Crippen LogP contribution in [0.1, 0.15) is 16.7 Å². The van der Waals surface area contributed by atoms with E-state index < -0.39 is 0 Å². The predicted molar refractivity (Wildman–Crippen MR) is 64.8 cm³/mol. The first-order valence-corrected chi connectivity index (χ1v) is 5.45. The van der Waals surface area contributed by atoms with Crippen molar-refractivity contribution in [3.05, 3.63) is 53.1 Å². The Hall–Kier alpha value is -0.963. The molecule has 0 bridgehead atoms. The molecule has 0 aromatic heterocycles. The molecule has 0 saturated carbocycles. The fourth-order valence-corrected chi connectivity index (χ4v) is 2.48. The van der Waals surface area contributed by atoms with E-state index in [1.54, 1.807) is 0 Å². The van der Waals surface area contributed by atoms with Crippen LogP contribution in [-0.2, 0) is 6.42 Å². The van der Waals surface area contributed by atoms with Gasteiger partial charge in [-0.25, -0.2) is 0 Å². The van der Waals surface area contributed by atoms with Gasteiger partial charge >= 0.3 is 99.5 Å². The van der Waals surface area contributed by atoms with Gasteiger partial charge in [0.1, 0.15) is 0 Å². The maximum absolute atomic E-state index is 2.27. The third kappa shape index (κ3) is 1.29. The summed E-state index contributed by atoms with van der Waals surface area (Å²) in [4.78, 5) is 0. The molecule has 0 amide bonds. The molecule has 2 aromatic carbocycles. The Balaban J connectivity index is 2.31. The van der Waals surface area contributed by atoms with Gasteiger partial charge in [0.2, 0.25) is 0 Å². The monoisotopic (exact) mass is 186 g/mol. The van der Waals surface area contributed by atoms with Gasteiger partial charge < -0.3 is 0 Å². The van der Waals surface area contributed by atoms with Crippen molar-refractivity contribution in [2.24, 2.45) is 0 Å². The number of hydrogen-bond acceptors (Lipinski definition) is 0. The number of fused-ring (bicyclic) bond motifs is 3. The van der Waals surface area contributed by atoms with Gasteiger partial charge in [0.25, 0.3) is 0 Å². The fourth-order valence-electron chi connectivity index (χ4n) is 2.48. The second kappa shape index (κ2) is 3.27. The zero-order valence-corrected chi connectivity index (χ0v) is 9.17. The van der Waals surface area contributed by atoms with E-state index >= 15 is 0 Å². The van der Waals surface area contributed by atoms with Gasteiger partial charge in [-0.3, -0.25) is 0 Å². The Morgan fingerprint density at radius 1 is 1.00 bits per heavy atom. The molecule has 0 saturated heterocycles. The van der Waals surface area contributed by atoms with Gasteiger partial charge in [0.05, 0.1) is 0 Å². The van der Waals surface area contributed by atoms with Gasteiger partial charge in [0, 0.05) is 0 Å². The summed E-state index contributed by atoms with van der Waals surface area (Å²) in [6.07, 6.45) is 1.11. The summed E-state index contributed by atoms with van der Waals surface area (Å²) in [7, 11) is 0. The summed E-state index contributed by atoms with van der Waals surface area (Å²) >= 11 is 2.24. The van der Waals surface area contributed by atoms with Gasteiger partial charge in [0.15, 0.2) is 0 Å². The summed E-state index contributed by atoms with van der Waals surface area (Å²) in [5.41, 5.74) is 7.27. The van der Waals surface area contributed by atoms with E-state index in [9.17, 15) is 0 Å². The van der Waals surface area contributed by atoms with E-state index in [-0.39, 0.29) is 0 Å². The van der Waals surface area contributed by atoms with Crippen LogP contribution in [-0.4, -0.2) is 17.7 Å². The minimum atomic E-state index is 1.11. The molecule has 2 aromatic rings. The summed E-state index contributed by atoms with van der Waals surface area (Å²) in [6, 6.07) is 13.2. The van der Waals surface area contributed by atoms with Crippen LogP contribution in [0, 0.1) is 6.92 Å². The van der Waals surface area contributed by atoms with E-state index in [0.717, 1.165) is 6.42 Å². The zero-order valence-electron chi connectivity index (χ0n) is 9.17. The van der Waals surface area contributed by atoms with Crippen LogP contribution in [0.15, 0.2) is 36.4 Å². The molecule has 0 unspecified atom stereocenters. The molecule has 3 rings (SSSR count). The van der Waals surface area contributed by atoms with Crippen molar-refractivity contribution in [3.63, 3.8) is 0 Å². The van der Waals surface area contributed by atoms with Gasteiger partial charge in [-0.2, -0.15) is 0 Å². The Kier molecular flexibility index (Phi) is 2.02. The van der Waals surface area contributed by atoms with Gasteiger partial charge in [-0.05, 0) is 0 Å². The van der Waals surface area contributed by atoms with Crippen LogP contribution in [0.25, 0.3) is 11.1 Å². The minimum absolute atomic E-state index is 1.11. The topological polar surface area (TPSA) is 0 Å². The summed E-state index contributed by atoms with van der Waals surface area (Å²) < 4.78 is 1.46. The summed E-state index contributed by atoms with van der Waals surface area (Å²) in [6.45, 7) is 2.19. The van der Waals surface area contributed by atoms with E-state index in [2.05, 4.69) is 61.0 Å². The molecule has 0 heterocycles. The zero-order chi connectivity index (χ0) is 10.4. The molecule has 0 spiro atoms. The van der Waals surface area contributed by atoms with E-state index in [1.165, 1.54) is 32.1 Å². The standard InChI is InChI=1S/C14H11.Li/c1-10-6-7-14-12(8-10)9-11-4-2-3-5-13(11)14;/h2-7H,9H2,1H3;. The molecule has 1 aliphatic carbocycles. The summed E-state index contributed by atoms with van der Waals surface area (Å²) in [5.74, 6) is 0. The summed E-state index contributed by atoms with van der Waals surface area (Å²) in [5, 5.41) is 0. The molecular formula is C14H11Li. The van der Waals surface area contributed by atoms with Crippen molar-refractivity contribution in [3.8, 4) is 11.1 Å². The average Bonchev–Trinajstić information content (AvgIpc) is 2.63. The molecule has 0 radical (unpaired) electrons. The first-order valence-electron chi connectivity index (χ1n) is 5.45. The SMILES string of the molecule is [Li][c]1c(C)ccc2c1Cc1ccccc1-2. The first-order chi connectivity index (χ1) is 7.27. The van der Waals surface area contributed by atoms with Crippen molar-refractivity contribution >= 4 is 22.0 Å². The molecule has 0 fully saturated rings. The number of rotatable bonds is 0. The molecule has 1 heteroatoms. The number of benzene rings is 2. The van der Waals surface area contributed by atoms with Crippen molar-refractivity contribution in [2.75, 3.05) is 0 Å². The van der Waals surface area contributed by atoms with Crippen molar-refractivity contribution in [2.45, 2.75) is 13.3 Å². The third-order valence-corrected chi connectivity index (χ3v) is 3.54. The Labute approximate surface area is 99.5 Å². The van der Waals surface area contributed by atoms with Crippen LogP contribution < -0.4 is 4.24 Å². The Morgan fingerprint density at radius 2 is 1.80 bits per heavy atom. The Morgan fingerprint density at radius 3 is 2.67 bits per heavy atom. The van der Waals surface area contributed by atoms with Crippen LogP contribution >= 0.6 is 0 Å². The molecule has 0 nitrogen and oxygen atoms in total. The van der Waals surface area contributed by atoms with Crippen molar-refractivity contribution in [1.82, 2.24) is 0 Å². The van der Waals surface area contributed by atoms with Crippen LogP contribution in [0.3, 0.4) is 0 Å². The Bertz CT molecular complexity index is 541. The fraction of sp³-hybridized carbons (Fsp3) is 0.143. The molecule has 68 valence electrons. The van der Waals surface area contributed by atoms with Crippen molar-refractivity contribution in [1.29, 1.82) is 0 Å². The third-order valence-electron chi connectivity index (χ3n) is 3.54. The maximum atomic E-state index is 2.27. The van der Waals surface area contributed by atoms with E-state index in [1.807, 2.05) is 0 Å². The van der Waals surface area contributed by atoms with Gasteiger partial charge in [-0.15, -0.1) is 0 Å². The van der Waals surface area contributed by atoms with Gasteiger partial charge in [-0.1, -0.05) is 0 Å². The van der Waals surface area contributed by atoms with E-state index in [0.29, 0.717) is 0 Å². The molecule has 0 N–H and O–H groups in total. The number of aryl methyl sites for hydroxylation is 1. The molecule has 0 aliphatic heterocycles. The predicted octanol–water partition coefficient (Wildman–Crippen LogP) is 2.36. The number of hydrogen-bond donors (Lipinski definition) is 0. The first kappa shape index (κ1) is 9.28. The van der Waals surface area contributed by atoms with Crippen molar-refractivity contribution < 1.29 is 0 Å². The van der Waals surface area contributed by atoms with Crippen LogP contribution in [0.2, 0.25) is 0 Å². The second-order valence-electron chi connectivity index (χ2n) is 4.37. The van der Waals surface area contributed by atoms with E-state index in [4.69, 9.17) is 0 Å². The average molecular weight is 186 g/mol. The molecular weight excluding hydrogens is 175 g/mol. The quantitative estimate of drug-likeness (QED) is 0.473. The second-order valence-corrected chi connectivity index (χ2v) is 4.37. The molecule has 1 aliphatic rings. The van der Waals surface area contributed by atoms with Crippen LogP contribution in [0.5, 0.6) is 0 Å². The normalized spacial score (nSPS) is 12.5. The molecule has 15 heavy (non-hydrogen) atoms. The molecule has 0 atom stereocenters. The van der Waals surface area contributed by atoms with Crippen LogP contribution in [0.4, 0.5) is 0 Å².